The molecule has 102 valence electrons. The lowest BCUT2D eigenvalue weighted by molar-refractivity contribution is 0.370. The molecule has 0 amide bonds. The van der Waals surface area contributed by atoms with Gasteiger partial charge in [0, 0.05) is 5.56 Å². The van der Waals surface area contributed by atoms with E-state index in [0.717, 1.165) is 30.5 Å². The van der Waals surface area contributed by atoms with Crippen molar-refractivity contribution in [3.63, 3.8) is 0 Å². The summed E-state index contributed by atoms with van der Waals surface area (Å²) >= 11 is 0. The van der Waals surface area contributed by atoms with Gasteiger partial charge in [0.1, 0.15) is 0 Å². The Balaban J connectivity index is 2.82. The van der Waals surface area contributed by atoms with Crippen molar-refractivity contribution in [3.05, 3.63) is 23.3 Å². The Morgan fingerprint density at radius 1 is 1.17 bits per heavy atom. The van der Waals surface area contributed by atoms with Crippen LogP contribution in [-0.4, -0.2) is 10.2 Å². The van der Waals surface area contributed by atoms with Crippen molar-refractivity contribution in [2.24, 2.45) is 0 Å². The zero-order chi connectivity index (χ0) is 13.6. The van der Waals surface area contributed by atoms with Crippen LogP contribution in [0, 0.1) is 12.9 Å². The lowest BCUT2D eigenvalue weighted by Gasteiger charge is -2.29. The Labute approximate surface area is 110 Å². The molecular weight excluding hydrogens is 227 g/mol. The first kappa shape index (κ1) is 15.1. The minimum Gasteiger partial charge on any atom is -0.183 e. The molecular formula is C15H25FN2. The molecule has 0 fully saturated rings. The fourth-order valence-electron chi connectivity index (χ4n) is 2.34. The van der Waals surface area contributed by atoms with Gasteiger partial charge in [-0.15, -0.1) is 5.10 Å². The maximum absolute atomic E-state index is 13.9. The maximum Gasteiger partial charge on any atom is 0.237 e. The SMILES string of the molecule is CCCCCCC(C)(CC)c1cc(C)nnc1F. The van der Waals surface area contributed by atoms with Gasteiger partial charge in [0.15, 0.2) is 0 Å². The molecule has 0 N–H and O–H groups in total. The van der Waals surface area contributed by atoms with Crippen molar-refractivity contribution in [1.29, 1.82) is 0 Å². The van der Waals surface area contributed by atoms with Gasteiger partial charge in [-0.3, -0.25) is 0 Å². The number of hydrogen-bond donors (Lipinski definition) is 0. The van der Waals surface area contributed by atoms with Gasteiger partial charge < -0.3 is 0 Å². The highest BCUT2D eigenvalue weighted by atomic mass is 19.1. The summed E-state index contributed by atoms with van der Waals surface area (Å²) in [4.78, 5) is 0. The summed E-state index contributed by atoms with van der Waals surface area (Å²) in [6.07, 6.45) is 6.82. The first-order valence-corrected chi connectivity index (χ1v) is 7.03. The number of rotatable bonds is 7. The normalized spacial score (nSPS) is 14.5. The van der Waals surface area contributed by atoms with E-state index in [1.165, 1.54) is 19.3 Å². The molecule has 0 aliphatic rings. The summed E-state index contributed by atoms with van der Waals surface area (Å²) in [6, 6.07) is 1.85. The molecule has 1 aromatic rings. The number of nitrogens with zero attached hydrogens (tertiary/aromatic N) is 2. The lowest BCUT2D eigenvalue weighted by atomic mass is 9.76. The summed E-state index contributed by atoms with van der Waals surface area (Å²) < 4.78 is 13.9. The van der Waals surface area contributed by atoms with Gasteiger partial charge in [0.2, 0.25) is 5.95 Å². The highest BCUT2D eigenvalue weighted by Gasteiger charge is 2.28. The average molecular weight is 252 g/mol. The van der Waals surface area contributed by atoms with Crippen LogP contribution < -0.4 is 0 Å². The van der Waals surface area contributed by atoms with E-state index in [9.17, 15) is 4.39 Å². The molecule has 0 aliphatic heterocycles. The van der Waals surface area contributed by atoms with E-state index in [1.807, 2.05) is 13.0 Å². The van der Waals surface area contributed by atoms with Crippen molar-refractivity contribution in [2.75, 3.05) is 0 Å². The Morgan fingerprint density at radius 3 is 2.50 bits per heavy atom. The van der Waals surface area contributed by atoms with Crippen LogP contribution in [0.3, 0.4) is 0 Å². The van der Waals surface area contributed by atoms with Crippen LogP contribution in [0.4, 0.5) is 4.39 Å². The Hall–Kier alpha value is -0.990. The van der Waals surface area contributed by atoms with Crippen LogP contribution in [0.1, 0.15) is 70.6 Å². The smallest absolute Gasteiger partial charge is 0.183 e. The zero-order valence-electron chi connectivity index (χ0n) is 12.1. The Kier molecular flexibility index (Phi) is 5.70. The van der Waals surface area contributed by atoms with Crippen LogP contribution >= 0.6 is 0 Å². The molecule has 0 spiro atoms. The number of halogens is 1. The van der Waals surface area contributed by atoms with Crippen LogP contribution in [0.2, 0.25) is 0 Å². The van der Waals surface area contributed by atoms with Crippen molar-refractivity contribution in [1.82, 2.24) is 10.2 Å². The second-order valence-corrected chi connectivity index (χ2v) is 5.42. The van der Waals surface area contributed by atoms with Crippen molar-refractivity contribution < 1.29 is 4.39 Å². The molecule has 2 nitrogen and oxygen atoms in total. The fourth-order valence-corrected chi connectivity index (χ4v) is 2.34. The first-order chi connectivity index (χ1) is 8.53. The molecule has 1 unspecified atom stereocenters. The standard InChI is InChI=1S/C15H25FN2/c1-5-7-8-9-10-15(4,6-2)13-11-12(3)17-18-14(13)16/h11H,5-10H2,1-4H3. The average Bonchev–Trinajstić information content (AvgIpc) is 2.37. The second kappa shape index (κ2) is 6.81. The van der Waals surface area contributed by atoms with Crippen molar-refractivity contribution in [2.45, 2.75) is 71.6 Å². The zero-order valence-corrected chi connectivity index (χ0v) is 12.1. The molecule has 0 bridgehead atoms. The number of hydrogen-bond acceptors (Lipinski definition) is 2. The summed E-state index contributed by atoms with van der Waals surface area (Å²) in [6.45, 7) is 8.32. The van der Waals surface area contributed by atoms with Gasteiger partial charge >= 0.3 is 0 Å². The van der Waals surface area contributed by atoms with Gasteiger partial charge in [-0.05, 0) is 31.2 Å². The highest BCUT2D eigenvalue weighted by molar-refractivity contribution is 5.23. The van der Waals surface area contributed by atoms with Crippen molar-refractivity contribution >= 4 is 0 Å². The van der Waals surface area contributed by atoms with E-state index >= 15 is 0 Å². The number of aromatic nitrogens is 2. The first-order valence-electron chi connectivity index (χ1n) is 7.03. The third-order valence-corrected chi connectivity index (χ3v) is 3.88. The van der Waals surface area contributed by atoms with Crippen LogP contribution in [-0.2, 0) is 5.41 Å². The third-order valence-electron chi connectivity index (χ3n) is 3.88. The monoisotopic (exact) mass is 252 g/mol. The van der Waals surface area contributed by atoms with E-state index in [4.69, 9.17) is 0 Å². The minimum atomic E-state index is -0.402. The highest BCUT2D eigenvalue weighted by Crippen LogP contribution is 2.34. The summed E-state index contributed by atoms with van der Waals surface area (Å²) in [5, 5.41) is 7.39. The quantitative estimate of drug-likeness (QED) is 0.665. The largest absolute Gasteiger partial charge is 0.237 e. The minimum absolute atomic E-state index is 0.113. The second-order valence-electron chi connectivity index (χ2n) is 5.42. The van der Waals surface area contributed by atoms with Gasteiger partial charge in [-0.2, -0.15) is 9.49 Å². The topological polar surface area (TPSA) is 25.8 Å². The number of aryl methyl sites for hydroxylation is 1. The molecule has 0 aromatic carbocycles. The molecule has 18 heavy (non-hydrogen) atoms. The van der Waals surface area contributed by atoms with Crippen LogP contribution in [0.25, 0.3) is 0 Å². The van der Waals surface area contributed by atoms with E-state index in [1.54, 1.807) is 0 Å². The Bertz CT molecular complexity index is 379. The molecule has 3 heteroatoms. The molecule has 0 saturated carbocycles. The molecule has 0 saturated heterocycles. The van der Waals surface area contributed by atoms with Gasteiger partial charge in [-0.1, -0.05) is 46.5 Å². The van der Waals surface area contributed by atoms with Gasteiger partial charge in [-0.25, -0.2) is 0 Å². The van der Waals surface area contributed by atoms with E-state index in [2.05, 4.69) is 31.0 Å². The summed E-state index contributed by atoms with van der Waals surface area (Å²) in [5.74, 6) is -0.402. The molecule has 1 atom stereocenters. The van der Waals surface area contributed by atoms with Gasteiger partial charge in [0.25, 0.3) is 0 Å². The van der Waals surface area contributed by atoms with Crippen LogP contribution in [0.15, 0.2) is 6.07 Å². The van der Waals surface area contributed by atoms with Crippen molar-refractivity contribution in [3.8, 4) is 0 Å². The van der Waals surface area contributed by atoms with E-state index < -0.39 is 5.95 Å². The van der Waals surface area contributed by atoms with E-state index in [0.29, 0.717) is 0 Å². The number of unbranched alkanes of at least 4 members (excludes halogenated alkanes) is 3. The maximum atomic E-state index is 13.9. The third kappa shape index (κ3) is 3.76. The molecule has 0 aliphatic carbocycles. The predicted molar refractivity (Wildman–Crippen MR) is 73.1 cm³/mol. The molecule has 1 heterocycles. The molecule has 1 aromatic heterocycles. The fraction of sp³-hybridized carbons (Fsp3) is 0.733. The van der Waals surface area contributed by atoms with Gasteiger partial charge in [0.05, 0.1) is 5.69 Å². The molecule has 1 rings (SSSR count). The van der Waals surface area contributed by atoms with E-state index in [-0.39, 0.29) is 5.41 Å². The van der Waals surface area contributed by atoms with Crippen LogP contribution in [0.5, 0.6) is 0 Å². The summed E-state index contributed by atoms with van der Waals surface area (Å²) in [7, 11) is 0. The Morgan fingerprint density at radius 2 is 1.89 bits per heavy atom. The predicted octanol–water partition coefficient (Wildman–Crippen LogP) is 4.56. The molecule has 0 radical (unpaired) electrons. The summed E-state index contributed by atoms with van der Waals surface area (Å²) in [5.41, 5.74) is 1.41. The lowest BCUT2D eigenvalue weighted by Crippen LogP contribution is -2.23.